The highest BCUT2D eigenvalue weighted by Crippen LogP contribution is 2.25. The van der Waals surface area contributed by atoms with Gasteiger partial charge in [0.15, 0.2) is 9.84 Å². The highest BCUT2D eigenvalue weighted by Gasteiger charge is 2.29. The highest BCUT2D eigenvalue weighted by atomic mass is 32.2. The molecule has 2 heterocycles. The van der Waals surface area contributed by atoms with Crippen molar-refractivity contribution in [1.29, 1.82) is 0 Å². The average molecular weight is 308 g/mol. The molecule has 4 nitrogen and oxygen atoms in total. The molecule has 0 spiro atoms. The normalized spacial score (nSPS) is 25.9. The predicted molar refractivity (Wildman–Crippen MR) is 85.6 cm³/mol. The quantitative estimate of drug-likeness (QED) is 0.926. The van der Waals surface area contributed by atoms with Crippen molar-refractivity contribution >= 4 is 15.5 Å². The first-order valence-electron chi connectivity index (χ1n) is 7.92. The summed E-state index contributed by atoms with van der Waals surface area (Å²) in [6, 6.07) is 8.70. The number of hydrogen-bond donors (Lipinski definition) is 1. The molecule has 5 heteroatoms. The summed E-state index contributed by atoms with van der Waals surface area (Å²) in [5.41, 5.74) is 1.14. The second-order valence-electron chi connectivity index (χ2n) is 6.19. The third-order valence-corrected chi connectivity index (χ3v) is 6.49. The lowest BCUT2D eigenvalue weighted by Gasteiger charge is -2.26. The summed E-state index contributed by atoms with van der Waals surface area (Å²) in [6.45, 7) is 3.97. The van der Waals surface area contributed by atoms with Gasteiger partial charge in [-0.25, -0.2) is 8.42 Å². The first-order valence-corrected chi connectivity index (χ1v) is 9.57. The molecule has 2 fully saturated rings. The van der Waals surface area contributed by atoms with Crippen LogP contribution in [-0.4, -0.2) is 39.3 Å². The zero-order valence-corrected chi connectivity index (χ0v) is 13.4. The molecule has 2 aliphatic rings. The Hall–Kier alpha value is -1.07. The summed E-state index contributed by atoms with van der Waals surface area (Å²) in [4.78, 5) is 2.83. The molecule has 2 atom stereocenters. The Morgan fingerprint density at radius 2 is 1.86 bits per heavy atom. The van der Waals surface area contributed by atoms with E-state index in [2.05, 4.69) is 10.2 Å². The molecule has 0 amide bonds. The Bertz CT molecular complexity index is 583. The van der Waals surface area contributed by atoms with Crippen molar-refractivity contribution in [2.24, 2.45) is 0 Å². The van der Waals surface area contributed by atoms with Crippen LogP contribution in [0.1, 0.15) is 32.6 Å². The summed E-state index contributed by atoms with van der Waals surface area (Å²) in [5, 5.41) is 3.67. The van der Waals surface area contributed by atoms with E-state index in [0.29, 0.717) is 23.4 Å². The van der Waals surface area contributed by atoms with E-state index in [1.165, 1.54) is 19.3 Å². The molecular weight excluding hydrogens is 284 g/mol. The molecular formula is C16H24N2O2S. The van der Waals surface area contributed by atoms with E-state index in [-0.39, 0.29) is 5.75 Å². The van der Waals surface area contributed by atoms with Crippen LogP contribution in [0, 0.1) is 0 Å². The Labute approximate surface area is 127 Å². The maximum atomic E-state index is 12.1. The topological polar surface area (TPSA) is 49.4 Å². The van der Waals surface area contributed by atoms with Crippen LogP contribution < -0.4 is 10.2 Å². The number of fused-ring (bicyclic) bond motifs is 2. The second-order valence-corrected chi connectivity index (χ2v) is 8.29. The third-order valence-electron chi connectivity index (χ3n) is 4.56. The van der Waals surface area contributed by atoms with Crippen molar-refractivity contribution in [3.05, 3.63) is 24.3 Å². The lowest BCUT2D eigenvalue weighted by molar-refractivity contribution is 0.563. The molecule has 0 aromatic heterocycles. The molecule has 21 heavy (non-hydrogen) atoms. The summed E-state index contributed by atoms with van der Waals surface area (Å²) in [7, 11) is -3.10. The fourth-order valence-corrected chi connectivity index (χ4v) is 4.75. The zero-order valence-electron chi connectivity index (χ0n) is 12.6. The molecule has 0 aliphatic carbocycles. The lowest BCUT2D eigenvalue weighted by atomic mass is 10.1. The number of sulfone groups is 1. The van der Waals surface area contributed by atoms with E-state index < -0.39 is 9.84 Å². The van der Waals surface area contributed by atoms with E-state index >= 15 is 0 Å². The fourth-order valence-electron chi connectivity index (χ4n) is 3.43. The fraction of sp³-hybridized carbons (Fsp3) is 0.625. The minimum atomic E-state index is -3.10. The van der Waals surface area contributed by atoms with Crippen LogP contribution in [0.4, 0.5) is 5.69 Å². The molecule has 2 unspecified atom stereocenters. The van der Waals surface area contributed by atoms with Gasteiger partial charge in [-0.05, 0) is 49.9 Å². The van der Waals surface area contributed by atoms with Crippen molar-refractivity contribution in [1.82, 2.24) is 5.32 Å². The van der Waals surface area contributed by atoms with Gasteiger partial charge < -0.3 is 10.2 Å². The number of hydrogen-bond acceptors (Lipinski definition) is 4. The van der Waals surface area contributed by atoms with Crippen molar-refractivity contribution in [3.8, 4) is 0 Å². The van der Waals surface area contributed by atoms with Crippen LogP contribution >= 0.6 is 0 Å². The molecule has 1 aromatic rings. The van der Waals surface area contributed by atoms with Crippen molar-refractivity contribution in [2.45, 2.75) is 49.6 Å². The maximum Gasteiger partial charge on any atom is 0.178 e. The second kappa shape index (κ2) is 5.97. The van der Waals surface area contributed by atoms with E-state index in [9.17, 15) is 8.42 Å². The predicted octanol–water partition coefficient (Wildman–Crippen LogP) is 2.20. The number of benzene rings is 1. The Balaban J connectivity index is 1.75. The van der Waals surface area contributed by atoms with E-state index in [0.717, 1.165) is 18.8 Å². The van der Waals surface area contributed by atoms with Crippen LogP contribution in [0.25, 0.3) is 0 Å². The average Bonchev–Trinajstić information content (AvgIpc) is 2.78. The van der Waals surface area contributed by atoms with Crippen LogP contribution in [0.3, 0.4) is 0 Å². The molecule has 2 aliphatic heterocycles. The Morgan fingerprint density at radius 3 is 2.57 bits per heavy atom. The number of anilines is 1. The molecule has 3 rings (SSSR count). The zero-order chi connectivity index (χ0) is 14.9. The smallest absolute Gasteiger partial charge is 0.178 e. The van der Waals surface area contributed by atoms with Crippen LogP contribution in [0.5, 0.6) is 0 Å². The van der Waals surface area contributed by atoms with E-state index in [1.54, 1.807) is 12.1 Å². The van der Waals surface area contributed by atoms with Crippen LogP contribution in [0.15, 0.2) is 29.2 Å². The number of nitrogens with zero attached hydrogens (tertiary/aromatic N) is 1. The molecule has 0 radical (unpaired) electrons. The van der Waals surface area contributed by atoms with Gasteiger partial charge in [-0.2, -0.15) is 0 Å². The molecule has 2 saturated heterocycles. The third kappa shape index (κ3) is 3.24. The van der Waals surface area contributed by atoms with Crippen molar-refractivity contribution < 1.29 is 8.42 Å². The largest absolute Gasteiger partial charge is 0.370 e. The number of nitrogens with one attached hydrogen (secondary N) is 1. The molecule has 116 valence electrons. The lowest BCUT2D eigenvalue weighted by Crippen LogP contribution is -2.35. The summed E-state index contributed by atoms with van der Waals surface area (Å²) >= 11 is 0. The minimum absolute atomic E-state index is 0.226. The summed E-state index contributed by atoms with van der Waals surface area (Å²) < 4.78 is 24.1. The van der Waals surface area contributed by atoms with E-state index in [1.807, 2.05) is 19.1 Å². The SMILES string of the molecule is CCCS(=O)(=O)c1ccc(N2CCC3CCC(C2)N3)cc1. The van der Waals surface area contributed by atoms with Crippen molar-refractivity contribution in [3.63, 3.8) is 0 Å². The monoisotopic (exact) mass is 308 g/mol. The van der Waals surface area contributed by atoms with Gasteiger partial charge in [-0.1, -0.05) is 6.92 Å². The van der Waals surface area contributed by atoms with Gasteiger partial charge in [0.25, 0.3) is 0 Å². The van der Waals surface area contributed by atoms with Gasteiger partial charge in [-0.15, -0.1) is 0 Å². The van der Waals surface area contributed by atoms with Crippen molar-refractivity contribution in [2.75, 3.05) is 23.7 Å². The van der Waals surface area contributed by atoms with E-state index in [4.69, 9.17) is 0 Å². The Kier molecular flexibility index (Phi) is 4.22. The summed E-state index contributed by atoms with van der Waals surface area (Å²) in [5.74, 6) is 0.226. The first kappa shape index (κ1) is 14.9. The molecule has 0 saturated carbocycles. The van der Waals surface area contributed by atoms with Gasteiger partial charge >= 0.3 is 0 Å². The van der Waals surface area contributed by atoms with Gasteiger partial charge in [0, 0.05) is 30.9 Å². The first-order chi connectivity index (χ1) is 10.1. The Morgan fingerprint density at radius 1 is 1.14 bits per heavy atom. The van der Waals surface area contributed by atoms with Gasteiger partial charge in [0.2, 0.25) is 0 Å². The standard InChI is InChI=1S/C16H24N2O2S/c1-2-11-21(19,20)16-7-5-15(6-8-16)18-10-9-13-3-4-14(12-18)17-13/h5-8,13-14,17H,2-4,9-12H2,1H3. The minimum Gasteiger partial charge on any atom is -0.370 e. The van der Waals surface area contributed by atoms with Crippen LogP contribution in [0.2, 0.25) is 0 Å². The molecule has 1 aromatic carbocycles. The number of rotatable bonds is 4. The summed E-state index contributed by atoms with van der Waals surface area (Å²) in [6.07, 6.45) is 4.38. The van der Waals surface area contributed by atoms with Gasteiger partial charge in [0.05, 0.1) is 10.6 Å². The maximum absolute atomic E-state index is 12.1. The molecule has 2 bridgehead atoms. The highest BCUT2D eigenvalue weighted by molar-refractivity contribution is 7.91. The molecule has 1 N–H and O–H groups in total. The van der Waals surface area contributed by atoms with Gasteiger partial charge in [-0.3, -0.25) is 0 Å². The van der Waals surface area contributed by atoms with Crippen LogP contribution in [-0.2, 0) is 9.84 Å². The van der Waals surface area contributed by atoms with Gasteiger partial charge in [0.1, 0.15) is 0 Å².